The molecule has 0 aliphatic rings. The van der Waals surface area contributed by atoms with Gasteiger partial charge in [-0.05, 0) is 18.6 Å². The summed E-state index contributed by atoms with van der Waals surface area (Å²) in [6, 6.07) is 10.1. The van der Waals surface area contributed by atoms with Crippen LogP contribution in [0.15, 0.2) is 35.2 Å². The summed E-state index contributed by atoms with van der Waals surface area (Å²) < 4.78 is 4.99. The lowest BCUT2D eigenvalue weighted by Gasteiger charge is -2.12. The summed E-state index contributed by atoms with van der Waals surface area (Å²) >= 11 is 1.70. The van der Waals surface area contributed by atoms with Gasteiger partial charge in [-0.25, -0.2) is 0 Å². The van der Waals surface area contributed by atoms with Gasteiger partial charge in [-0.3, -0.25) is 0 Å². The van der Waals surface area contributed by atoms with Crippen LogP contribution in [0.2, 0.25) is 0 Å². The third-order valence-electron chi connectivity index (χ3n) is 1.89. The van der Waals surface area contributed by atoms with E-state index in [1.165, 1.54) is 4.90 Å². The first-order chi connectivity index (χ1) is 6.86. The molecule has 0 bridgehead atoms. The predicted octanol–water partition coefficient (Wildman–Crippen LogP) is 2.18. The Bertz CT molecular complexity index is 238. The molecule has 3 heteroatoms. The topological polar surface area (TPSA) is 29.5 Å². The molecule has 14 heavy (non-hydrogen) atoms. The van der Waals surface area contributed by atoms with Crippen molar-refractivity contribution >= 4 is 11.8 Å². The highest BCUT2D eigenvalue weighted by molar-refractivity contribution is 8.00. The lowest BCUT2D eigenvalue weighted by Crippen LogP contribution is -2.11. The summed E-state index contributed by atoms with van der Waals surface area (Å²) in [7, 11) is 1.68. The van der Waals surface area contributed by atoms with Gasteiger partial charge in [0.15, 0.2) is 0 Å². The molecule has 0 aliphatic heterocycles. The summed E-state index contributed by atoms with van der Waals surface area (Å²) in [6.07, 6.45) is 0.882. The van der Waals surface area contributed by atoms with E-state index < -0.39 is 0 Å². The maximum Gasteiger partial charge on any atom is 0.0554 e. The number of rotatable bonds is 6. The zero-order valence-electron chi connectivity index (χ0n) is 8.35. The summed E-state index contributed by atoms with van der Waals surface area (Å²) in [5.74, 6) is 0. The smallest absolute Gasteiger partial charge is 0.0554 e. The van der Waals surface area contributed by atoms with Gasteiger partial charge in [-0.15, -0.1) is 11.8 Å². The highest BCUT2D eigenvalue weighted by Crippen LogP contribution is 2.24. The average Bonchev–Trinajstić information content (AvgIpc) is 2.25. The van der Waals surface area contributed by atoms with Gasteiger partial charge in [0.2, 0.25) is 0 Å². The quantitative estimate of drug-likeness (QED) is 0.733. The number of hydrogen-bond acceptors (Lipinski definition) is 3. The zero-order valence-corrected chi connectivity index (χ0v) is 9.17. The second-order valence-electron chi connectivity index (χ2n) is 3.02. The van der Waals surface area contributed by atoms with Gasteiger partial charge < -0.3 is 9.84 Å². The van der Waals surface area contributed by atoms with E-state index in [0.29, 0.717) is 6.61 Å². The van der Waals surface area contributed by atoms with Gasteiger partial charge in [-0.1, -0.05) is 18.2 Å². The van der Waals surface area contributed by atoms with Crippen LogP contribution < -0.4 is 0 Å². The van der Waals surface area contributed by atoms with E-state index >= 15 is 0 Å². The molecule has 0 fully saturated rings. The van der Waals surface area contributed by atoms with Crippen LogP contribution in [0.3, 0.4) is 0 Å². The first-order valence-electron chi connectivity index (χ1n) is 4.68. The minimum atomic E-state index is 0.197. The molecule has 0 spiro atoms. The standard InChI is InChI=1S/C11H16O2S/c1-13-8-7-11(9-12)14-10-5-3-2-4-6-10/h2-6,11-12H,7-9H2,1H3. The van der Waals surface area contributed by atoms with E-state index in [1.54, 1.807) is 18.9 Å². The molecular formula is C11H16O2S. The molecule has 1 N–H and O–H groups in total. The molecule has 1 unspecified atom stereocenters. The number of ether oxygens (including phenoxy) is 1. The Morgan fingerprint density at radius 1 is 1.36 bits per heavy atom. The first-order valence-corrected chi connectivity index (χ1v) is 5.56. The Morgan fingerprint density at radius 3 is 2.64 bits per heavy atom. The monoisotopic (exact) mass is 212 g/mol. The van der Waals surface area contributed by atoms with Crippen LogP contribution in [0, 0.1) is 0 Å². The van der Waals surface area contributed by atoms with Crippen LogP contribution in [0.1, 0.15) is 6.42 Å². The van der Waals surface area contributed by atoms with Crippen molar-refractivity contribution in [3.05, 3.63) is 30.3 Å². The average molecular weight is 212 g/mol. The highest BCUT2D eigenvalue weighted by atomic mass is 32.2. The first kappa shape index (κ1) is 11.6. The second kappa shape index (κ2) is 6.87. The molecule has 0 aromatic heterocycles. The number of thioether (sulfide) groups is 1. The predicted molar refractivity (Wildman–Crippen MR) is 59.7 cm³/mol. The van der Waals surface area contributed by atoms with E-state index in [-0.39, 0.29) is 11.9 Å². The summed E-state index contributed by atoms with van der Waals surface area (Å²) in [4.78, 5) is 1.20. The third-order valence-corrected chi connectivity index (χ3v) is 3.16. The number of aliphatic hydroxyl groups excluding tert-OH is 1. The maximum atomic E-state index is 9.14. The van der Waals surface area contributed by atoms with Gasteiger partial charge >= 0.3 is 0 Å². The number of hydrogen-bond donors (Lipinski definition) is 1. The summed E-state index contributed by atoms with van der Waals surface area (Å²) in [5, 5.41) is 9.37. The molecule has 2 nitrogen and oxygen atoms in total. The van der Waals surface area contributed by atoms with Crippen molar-refractivity contribution in [3.63, 3.8) is 0 Å². The molecule has 0 heterocycles. The van der Waals surface area contributed by atoms with Crippen LogP contribution in [-0.2, 0) is 4.74 Å². The Kier molecular flexibility index (Phi) is 5.68. The minimum absolute atomic E-state index is 0.197. The number of methoxy groups -OCH3 is 1. The van der Waals surface area contributed by atoms with E-state index in [4.69, 9.17) is 9.84 Å². The summed E-state index contributed by atoms with van der Waals surface area (Å²) in [5.41, 5.74) is 0. The normalized spacial score (nSPS) is 12.7. The lowest BCUT2D eigenvalue weighted by atomic mass is 10.3. The Balaban J connectivity index is 2.40. The van der Waals surface area contributed by atoms with Crippen LogP contribution in [0.5, 0.6) is 0 Å². The zero-order chi connectivity index (χ0) is 10.2. The summed E-state index contributed by atoms with van der Waals surface area (Å²) in [6.45, 7) is 0.897. The molecule has 0 radical (unpaired) electrons. The largest absolute Gasteiger partial charge is 0.395 e. The van der Waals surface area contributed by atoms with Crippen LogP contribution in [0.25, 0.3) is 0 Å². The number of aliphatic hydroxyl groups is 1. The van der Waals surface area contributed by atoms with Crippen molar-refractivity contribution in [1.82, 2.24) is 0 Å². The molecule has 0 saturated heterocycles. The molecule has 0 amide bonds. The number of benzene rings is 1. The second-order valence-corrected chi connectivity index (χ2v) is 4.39. The Labute approximate surface area is 89.3 Å². The SMILES string of the molecule is COCCC(CO)Sc1ccccc1. The third kappa shape index (κ3) is 4.13. The fraction of sp³-hybridized carbons (Fsp3) is 0.455. The highest BCUT2D eigenvalue weighted by Gasteiger charge is 2.08. The van der Waals surface area contributed by atoms with Gasteiger partial charge in [0.05, 0.1) is 6.61 Å². The fourth-order valence-electron chi connectivity index (χ4n) is 1.13. The van der Waals surface area contributed by atoms with Gasteiger partial charge in [0, 0.05) is 23.9 Å². The maximum absolute atomic E-state index is 9.14. The molecular weight excluding hydrogens is 196 g/mol. The van der Waals surface area contributed by atoms with Gasteiger partial charge in [0.25, 0.3) is 0 Å². The van der Waals surface area contributed by atoms with Gasteiger partial charge in [-0.2, -0.15) is 0 Å². The fourth-order valence-corrected chi connectivity index (χ4v) is 2.12. The molecule has 1 aromatic carbocycles. The molecule has 1 aromatic rings. The Morgan fingerprint density at radius 2 is 2.07 bits per heavy atom. The van der Waals surface area contributed by atoms with Crippen LogP contribution in [-0.4, -0.2) is 30.7 Å². The van der Waals surface area contributed by atoms with E-state index in [9.17, 15) is 0 Å². The molecule has 78 valence electrons. The minimum Gasteiger partial charge on any atom is -0.395 e. The molecule has 0 saturated carbocycles. The lowest BCUT2D eigenvalue weighted by molar-refractivity contribution is 0.183. The van der Waals surface area contributed by atoms with E-state index in [0.717, 1.165) is 6.42 Å². The van der Waals surface area contributed by atoms with Crippen molar-refractivity contribution in [3.8, 4) is 0 Å². The van der Waals surface area contributed by atoms with Crippen molar-refractivity contribution in [2.75, 3.05) is 20.3 Å². The molecule has 0 aliphatic carbocycles. The molecule has 1 rings (SSSR count). The van der Waals surface area contributed by atoms with Crippen LogP contribution in [0.4, 0.5) is 0 Å². The van der Waals surface area contributed by atoms with Crippen LogP contribution >= 0.6 is 11.8 Å². The van der Waals surface area contributed by atoms with Crippen molar-refractivity contribution < 1.29 is 9.84 Å². The van der Waals surface area contributed by atoms with Crippen molar-refractivity contribution in [1.29, 1.82) is 0 Å². The van der Waals surface area contributed by atoms with Crippen molar-refractivity contribution in [2.45, 2.75) is 16.6 Å². The Hall–Kier alpha value is -0.510. The van der Waals surface area contributed by atoms with E-state index in [2.05, 4.69) is 12.1 Å². The van der Waals surface area contributed by atoms with Gasteiger partial charge in [0.1, 0.15) is 0 Å². The van der Waals surface area contributed by atoms with Crippen molar-refractivity contribution in [2.24, 2.45) is 0 Å². The van der Waals surface area contributed by atoms with E-state index in [1.807, 2.05) is 18.2 Å². The molecule has 1 atom stereocenters.